The van der Waals surface area contributed by atoms with Gasteiger partial charge in [-0.15, -0.1) is 0 Å². The van der Waals surface area contributed by atoms with Crippen LogP contribution in [0.1, 0.15) is 48.9 Å². The first-order valence-corrected chi connectivity index (χ1v) is 11.7. The number of aromatic nitrogens is 1. The number of rotatable bonds is 5. The van der Waals surface area contributed by atoms with Gasteiger partial charge >= 0.3 is 6.03 Å². The van der Waals surface area contributed by atoms with Crippen molar-refractivity contribution in [1.29, 1.82) is 0 Å². The molecular weight excluding hydrogens is 420 g/mol. The Morgan fingerprint density at radius 2 is 1.67 bits per heavy atom. The summed E-state index contributed by atoms with van der Waals surface area (Å²) in [5.41, 5.74) is 1.13. The number of amides is 4. The molecule has 4 amide bonds. The van der Waals surface area contributed by atoms with E-state index in [9.17, 15) is 14.4 Å². The molecule has 0 N–H and O–H groups in total. The lowest BCUT2D eigenvalue weighted by Crippen LogP contribution is -2.48. The number of hydrogen-bond acceptors (Lipinski definition) is 5. The van der Waals surface area contributed by atoms with Gasteiger partial charge in [-0.05, 0) is 56.7 Å². The van der Waals surface area contributed by atoms with Gasteiger partial charge in [0.25, 0.3) is 11.8 Å². The van der Waals surface area contributed by atoms with Gasteiger partial charge in [-0.1, -0.05) is 18.2 Å². The smallest absolute Gasteiger partial charge is 0.332 e. The molecule has 0 atom stereocenters. The lowest BCUT2D eigenvalue weighted by Gasteiger charge is -2.36. The third-order valence-corrected chi connectivity index (χ3v) is 6.77. The summed E-state index contributed by atoms with van der Waals surface area (Å²) in [6, 6.07) is 12.2. The van der Waals surface area contributed by atoms with Crippen molar-refractivity contribution < 1.29 is 19.1 Å². The fraction of sp³-hybridized carbons (Fsp3) is 0.440. The highest BCUT2D eigenvalue weighted by Crippen LogP contribution is 2.27. The van der Waals surface area contributed by atoms with Crippen molar-refractivity contribution in [2.24, 2.45) is 0 Å². The predicted octanol–water partition coefficient (Wildman–Crippen LogP) is 3.48. The third kappa shape index (κ3) is 4.42. The first kappa shape index (κ1) is 21.4. The molecule has 0 radical (unpaired) electrons. The summed E-state index contributed by atoms with van der Waals surface area (Å²) in [6.07, 6.45) is 7.61. The summed E-state index contributed by atoms with van der Waals surface area (Å²) in [5.74, 6) is 0.288. The van der Waals surface area contributed by atoms with Crippen molar-refractivity contribution in [2.75, 3.05) is 24.5 Å². The average Bonchev–Trinajstić information content (AvgIpc) is 3.47. The molecule has 0 spiro atoms. The van der Waals surface area contributed by atoms with E-state index >= 15 is 0 Å². The summed E-state index contributed by atoms with van der Waals surface area (Å²) in [5, 5.41) is 0. The Morgan fingerprint density at radius 1 is 0.939 bits per heavy atom. The van der Waals surface area contributed by atoms with Crippen LogP contribution < -0.4 is 9.64 Å². The van der Waals surface area contributed by atoms with E-state index in [1.165, 1.54) is 17.7 Å². The maximum absolute atomic E-state index is 12.9. The van der Waals surface area contributed by atoms with Crippen LogP contribution in [0.5, 0.6) is 5.88 Å². The van der Waals surface area contributed by atoms with Gasteiger partial charge in [0, 0.05) is 31.4 Å². The van der Waals surface area contributed by atoms with Gasteiger partial charge in [0.15, 0.2) is 0 Å². The van der Waals surface area contributed by atoms with Crippen LogP contribution in [0.4, 0.5) is 10.5 Å². The molecule has 172 valence electrons. The number of piperidine rings is 1. The molecule has 0 bridgehead atoms. The van der Waals surface area contributed by atoms with Crippen LogP contribution in [-0.4, -0.2) is 64.4 Å². The second kappa shape index (κ2) is 9.21. The van der Waals surface area contributed by atoms with E-state index in [2.05, 4.69) is 4.98 Å². The normalized spacial score (nSPS) is 20.1. The van der Waals surface area contributed by atoms with Crippen LogP contribution in [0.15, 0.2) is 48.7 Å². The number of nitrogens with zero attached hydrogens (tertiary/aromatic N) is 4. The first-order chi connectivity index (χ1) is 16.1. The number of urea groups is 1. The Kier molecular flexibility index (Phi) is 5.98. The molecule has 1 aromatic heterocycles. The second-order valence-corrected chi connectivity index (χ2v) is 8.91. The minimum absolute atomic E-state index is 0.0560. The van der Waals surface area contributed by atoms with Crippen LogP contribution >= 0.6 is 0 Å². The average molecular weight is 449 g/mol. The van der Waals surface area contributed by atoms with Crippen molar-refractivity contribution >= 4 is 23.5 Å². The van der Waals surface area contributed by atoms with Crippen molar-refractivity contribution in [1.82, 2.24) is 14.8 Å². The van der Waals surface area contributed by atoms with Crippen molar-refractivity contribution in [3.8, 4) is 5.88 Å². The van der Waals surface area contributed by atoms with Gasteiger partial charge in [0.1, 0.15) is 12.6 Å². The van der Waals surface area contributed by atoms with Crippen LogP contribution in [0.2, 0.25) is 0 Å². The lowest BCUT2D eigenvalue weighted by molar-refractivity contribution is -0.116. The van der Waals surface area contributed by atoms with E-state index in [1.807, 2.05) is 18.2 Å². The number of ether oxygens (including phenoxy) is 1. The number of imide groups is 1. The number of benzene rings is 1. The Labute approximate surface area is 193 Å². The van der Waals surface area contributed by atoms with Crippen molar-refractivity contribution in [2.45, 2.75) is 50.7 Å². The summed E-state index contributed by atoms with van der Waals surface area (Å²) >= 11 is 0. The molecular formula is C25H28N4O4. The fourth-order valence-corrected chi connectivity index (χ4v) is 4.95. The number of anilines is 1. The van der Waals surface area contributed by atoms with E-state index in [0.717, 1.165) is 12.8 Å². The van der Waals surface area contributed by atoms with Crippen LogP contribution in [0.25, 0.3) is 0 Å². The molecule has 3 heterocycles. The van der Waals surface area contributed by atoms with Crippen LogP contribution in [0.3, 0.4) is 0 Å². The molecule has 8 heteroatoms. The zero-order valence-corrected chi connectivity index (χ0v) is 18.6. The van der Waals surface area contributed by atoms with Gasteiger partial charge in [-0.2, -0.15) is 0 Å². The zero-order valence-electron chi connectivity index (χ0n) is 18.6. The number of hydrogen-bond donors (Lipinski definition) is 0. The number of para-hydroxylation sites is 1. The third-order valence-electron chi connectivity index (χ3n) is 6.77. The monoisotopic (exact) mass is 448 g/mol. The summed E-state index contributed by atoms with van der Waals surface area (Å²) in [7, 11) is 0. The first-order valence-electron chi connectivity index (χ1n) is 11.7. The summed E-state index contributed by atoms with van der Waals surface area (Å²) < 4.78 is 5.88. The molecule has 1 aromatic carbocycles. The lowest BCUT2D eigenvalue weighted by atomic mass is 10.0. The molecule has 0 unspecified atom stereocenters. The van der Waals surface area contributed by atoms with Gasteiger partial charge in [-0.3, -0.25) is 9.59 Å². The van der Waals surface area contributed by atoms with E-state index < -0.39 is 0 Å². The van der Waals surface area contributed by atoms with Crippen LogP contribution in [0, 0.1) is 0 Å². The highest BCUT2D eigenvalue weighted by Gasteiger charge is 2.41. The Balaban J connectivity index is 1.17. The molecule has 5 rings (SSSR count). The van der Waals surface area contributed by atoms with Crippen molar-refractivity contribution in [3.05, 3.63) is 54.2 Å². The highest BCUT2D eigenvalue weighted by atomic mass is 16.5. The zero-order chi connectivity index (χ0) is 22.8. The van der Waals surface area contributed by atoms with Crippen molar-refractivity contribution in [3.63, 3.8) is 0 Å². The Morgan fingerprint density at radius 3 is 2.33 bits per heavy atom. The van der Waals surface area contributed by atoms with E-state index in [0.29, 0.717) is 43.1 Å². The molecule has 2 aliphatic heterocycles. The van der Waals surface area contributed by atoms with Crippen LogP contribution in [-0.2, 0) is 4.79 Å². The van der Waals surface area contributed by atoms with Gasteiger partial charge in [0.05, 0.1) is 11.3 Å². The van der Waals surface area contributed by atoms with Gasteiger partial charge < -0.3 is 14.5 Å². The number of likely N-dealkylation sites (tertiary alicyclic amines) is 1. The SMILES string of the molecule is O=C(c1ccc(OC2CCCC2)nc1)N1CCC(N2CC(=O)N(c3ccccc3)C2=O)CC1. The largest absolute Gasteiger partial charge is 0.474 e. The fourth-order valence-electron chi connectivity index (χ4n) is 4.95. The maximum atomic E-state index is 12.9. The molecule has 2 saturated heterocycles. The summed E-state index contributed by atoms with van der Waals surface area (Å²) in [4.78, 5) is 47.4. The molecule has 3 aliphatic rings. The minimum atomic E-state index is -0.280. The highest BCUT2D eigenvalue weighted by molar-refractivity contribution is 6.19. The molecule has 33 heavy (non-hydrogen) atoms. The molecule has 8 nitrogen and oxygen atoms in total. The van der Waals surface area contributed by atoms with Gasteiger partial charge in [0.2, 0.25) is 5.88 Å². The molecule has 1 saturated carbocycles. The number of pyridine rings is 1. The minimum Gasteiger partial charge on any atom is -0.474 e. The summed E-state index contributed by atoms with van der Waals surface area (Å²) in [6.45, 7) is 1.15. The molecule has 2 aromatic rings. The Hall–Kier alpha value is -3.42. The van der Waals surface area contributed by atoms with E-state index in [1.54, 1.807) is 40.3 Å². The second-order valence-electron chi connectivity index (χ2n) is 8.91. The topological polar surface area (TPSA) is 83.1 Å². The Bertz CT molecular complexity index is 1010. The quantitative estimate of drug-likeness (QED) is 0.654. The predicted molar refractivity (Wildman–Crippen MR) is 122 cm³/mol. The van der Waals surface area contributed by atoms with E-state index in [4.69, 9.17) is 4.74 Å². The maximum Gasteiger partial charge on any atom is 0.332 e. The van der Waals surface area contributed by atoms with E-state index in [-0.39, 0.29) is 36.5 Å². The number of carbonyl (C=O) groups is 3. The standard InChI is InChI=1S/C25H28N4O4/c30-23-17-28(25(32)29(23)20-6-2-1-3-7-20)19-12-14-27(15-13-19)24(31)18-10-11-22(26-16-18)33-21-8-4-5-9-21/h1-3,6-7,10-11,16,19,21H,4-5,8-9,12-15,17H2. The molecule has 3 fully saturated rings. The molecule has 1 aliphatic carbocycles. The van der Waals surface area contributed by atoms with Gasteiger partial charge in [-0.25, -0.2) is 14.7 Å². The number of carbonyl (C=O) groups excluding carboxylic acids is 3.